The summed E-state index contributed by atoms with van der Waals surface area (Å²) in [4.78, 5) is 4.35. The number of benzene rings is 1. The van der Waals surface area contributed by atoms with Crippen molar-refractivity contribution < 1.29 is 9.84 Å². The molecular weight excluding hydrogens is 382 g/mol. The smallest absolute Gasteiger partial charge is 0.127 e. The zero-order chi connectivity index (χ0) is 22.2. The van der Waals surface area contributed by atoms with Crippen molar-refractivity contribution in [3.63, 3.8) is 0 Å². The van der Waals surface area contributed by atoms with E-state index in [9.17, 15) is 5.11 Å². The highest BCUT2D eigenvalue weighted by atomic mass is 16.5. The third kappa shape index (κ3) is 9.86. The Bertz CT molecular complexity index is 716. The van der Waals surface area contributed by atoms with Gasteiger partial charge in [0.05, 0.1) is 12.7 Å². The van der Waals surface area contributed by atoms with Crippen LogP contribution in [-0.4, -0.2) is 22.8 Å². The fourth-order valence-electron chi connectivity index (χ4n) is 4.04. The number of aliphatic hydroxyl groups is 1. The summed E-state index contributed by atoms with van der Waals surface area (Å²) in [6.45, 7) is 5.23. The van der Waals surface area contributed by atoms with Crippen molar-refractivity contribution in [3.8, 4) is 16.9 Å². The SMILES string of the molecule is CCCCCCCCOc1ccccc1-c1ccncc1CCC(O)CCCCCC. The van der Waals surface area contributed by atoms with Crippen LogP contribution in [0.15, 0.2) is 42.7 Å². The molecule has 0 saturated heterocycles. The van der Waals surface area contributed by atoms with Crippen molar-refractivity contribution >= 4 is 0 Å². The number of aryl methyl sites for hydroxylation is 1. The second-order valence-corrected chi connectivity index (χ2v) is 8.69. The normalized spacial score (nSPS) is 12.1. The van der Waals surface area contributed by atoms with Gasteiger partial charge in [0.1, 0.15) is 5.75 Å². The molecule has 0 spiro atoms. The first-order valence-electron chi connectivity index (χ1n) is 12.6. The molecule has 0 aliphatic carbocycles. The molecule has 0 amide bonds. The van der Waals surface area contributed by atoms with Gasteiger partial charge in [0, 0.05) is 18.0 Å². The minimum atomic E-state index is -0.232. The van der Waals surface area contributed by atoms with Gasteiger partial charge in [-0.05, 0) is 48.9 Å². The summed E-state index contributed by atoms with van der Waals surface area (Å²) < 4.78 is 6.18. The van der Waals surface area contributed by atoms with Crippen molar-refractivity contribution in [3.05, 3.63) is 48.3 Å². The van der Waals surface area contributed by atoms with Gasteiger partial charge in [0.25, 0.3) is 0 Å². The number of rotatable bonds is 17. The van der Waals surface area contributed by atoms with Crippen LogP contribution in [-0.2, 0) is 6.42 Å². The van der Waals surface area contributed by atoms with Gasteiger partial charge in [-0.2, -0.15) is 0 Å². The summed E-state index contributed by atoms with van der Waals surface area (Å²) in [5, 5.41) is 10.4. The first-order valence-corrected chi connectivity index (χ1v) is 12.6. The Morgan fingerprint density at radius 1 is 0.806 bits per heavy atom. The van der Waals surface area contributed by atoms with Crippen LogP contribution in [0.1, 0.15) is 96.5 Å². The van der Waals surface area contributed by atoms with E-state index in [4.69, 9.17) is 4.74 Å². The van der Waals surface area contributed by atoms with E-state index < -0.39 is 0 Å². The highest BCUT2D eigenvalue weighted by Gasteiger charge is 2.12. The maximum absolute atomic E-state index is 10.4. The topological polar surface area (TPSA) is 42.4 Å². The average molecular weight is 426 g/mol. The maximum Gasteiger partial charge on any atom is 0.127 e. The second kappa shape index (κ2) is 15.9. The third-order valence-corrected chi connectivity index (χ3v) is 5.97. The van der Waals surface area contributed by atoms with Crippen molar-refractivity contribution in [1.82, 2.24) is 4.98 Å². The van der Waals surface area contributed by atoms with E-state index in [0.29, 0.717) is 0 Å². The second-order valence-electron chi connectivity index (χ2n) is 8.69. The molecule has 0 radical (unpaired) electrons. The fourth-order valence-corrected chi connectivity index (χ4v) is 4.04. The maximum atomic E-state index is 10.4. The minimum Gasteiger partial charge on any atom is -0.493 e. The lowest BCUT2D eigenvalue weighted by Crippen LogP contribution is -2.08. The number of pyridine rings is 1. The van der Waals surface area contributed by atoms with Gasteiger partial charge >= 0.3 is 0 Å². The van der Waals surface area contributed by atoms with Gasteiger partial charge in [-0.1, -0.05) is 89.8 Å². The number of unbranched alkanes of at least 4 members (excludes halogenated alkanes) is 8. The Hall–Kier alpha value is -1.87. The number of para-hydroxylation sites is 1. The Morgan fingerprint density at radius 3 is 2.32 bits per heavy atom. The van der Waals surface area contributed by atoms with Crippen LogP contribution in [0.3, 0.4) is 0 Å². The number of hydrogen-bond acceptors (Lipinski definition) is 3. The first-order chi connectivity index (χ1) is 15.3. The molecule has 1 N–H and O–H groups in total. The summed E-state index contributed by atoms with van der Waals surface area (Å²) in [5.74, 6) is 0.948. The zero-order valence-electron chi connectivity index (χ0n) is 19.8. The van der Waals surface area contributed by atoms with Gasteiger partial charge in [0.15, 0.2) is 0 Å². The molecule has 31 heavy (non-hydrogen) atoms. The molecule has 0 fully saturated rings. The van der Waals surface area contributed by atoms with Crippen LogP contribution >= 0.6 is 0 Å². The Kier molecular flexibility index (Phi) is 13.0. The van der Waals surface area contributed by atoms with Crippen molar-refractivity contribution in [2.45, 2.75) is 103 Å². The molecule has 1 heterocycles. The molecule has 3 heteroatoms. The number of aromatic nitrogens is 1. The monoisotopic (exact) mass is 425 g/mol. The lowest BCUT2D eigenvalue weighted by molar-refractivity contribution is 0.151. The Balaban J connectivity index is 1.92. The molecule has 2 aromatic rings. The van der Waals surface area contributed by atoms with E-state index in [0.717, 1.165) is 50.0 Å². The highest BCUT2D eigenvalue weighted by Crippen LogP contribution is 2.33. The van der Waals surface area contributed by atoms with Crippen LogP contribution in [0.2, 0.25) is 0 Å². The van der Waals surface area contributed by atoms with Gasteiger partial charge < -0.3 is 9.84 Å². The van der Waals surface area contributed by atoms with E-state index in [2.05, 4.69) is 43.1 Å². The number of nitrogens with zero attached hydrogens (tertiary/aromatic N) is 1. The van der Waals surface area contributed by atoms with Crippen molar-refractivity contribution in [2.75, 3.05) is 6.61 Å². The van der Waals surface area contributed by atoms with Crippen LogP contribution in [0.4, 0.5) is 0 Å². The largest absolute Gasteiger partial charge is 0.493 e. The summed E-state index contributed by atoms with van der Waals surface area (Å²) in [6, 6.07) is 10.4. The number of aliphatic hydroxyl groups excluding tert-OH is 1. The van der Waals surface area contributed by atoms with Gasteiger partial charge in [-0.3, -0.25) is 4.98 Å². The van der Waals surface area contributed by atoms with Crippen LogP contribution in [0.5, 0.6) is 5.75 Å². The first kappa shape index (κ1) is 25.4. The van der Waals surface area contributed by atoms with Gasteiger partial charge in [-0.15, -0.1) is 0 Å². The third-order valence-electron chi connectivity index (χ3n) is 5.97. The molecule has 2 rings (SSSR count). The molecule has 3 nitrogen and oxygen atoms in total. The van der Waals surface area contributed by atoms with Crippen molar-refractivity contribution in [1.29, 1.82) is 0 Å². The van der Waals surface area contributed by atoms with E-state index in [1.807, 2.05) is 18.5 Å². The quantitative estimate of drug-likeness (QED) is 0.263. The van der Waals surface area contributed by atoms with Gasteiger partial charge in [-0.25, -0.2) is 0 Å². The van der Waals surface area contributed by atoms with Crippen LogP contribution in [0, 0.1) is 0 Å². The molecule has 0 bridgehead atoms. The average Bonchev–Trinajstić information content (AvgIpc) is 2.80. The molecule has 0 aliphatic heterocycles. The standard InChI is InChI=1S/C28H43NO2/c1-3-5-7-9-10-14-22-31-28-17-13-12-16-27(28)26-20-21-29-23-24(26)18-19-25(30)15-11-8-6-4-2/h12-13,16-17,20-21,23,25,30H,3-11,14-15,18-19,22H2,1-2H3. The fraction of sp³-hybridized carbons (Fsp3) is 0.607. The van der Waals surface area contributed by atoms with Crippen molar-refractivity contribution in [2.24, 2.45) is 0 Å². The molecule has 1 aromatic carbocycles. The molecule has 1 atom stereocenters. The molecule has 0 aliphatic rings. The number of hydrogen-bond donors (Lipinski definition) is 1. The van der Waals surface area contributed by atoms with E-state index in [1.54, 1.807) is 0 Å². The summed E-state index contributed by atoms with van der Waals surface area (Å²) in [7, 11) is 0. The lowest BCUT2D eigenvalue weighted by Gasteiger charge is -2.16. The Morgan fingerprint density at radius 2 is 1.52 bits per heavy atom. The Labute approximate surface area is 190 Å². The summed E-state index contributed by atoms with van der Waals surface area (Å²) >= 11 is 0. The van der Waals surface area contributed by atoms with Crippen LogP contribution < -0.4 is 4.74 Å². The number of ether oxygens (including phenoxy) is 1. The lowest BCUT2D eigenvalue weighted by atomic mass is 9.96. The van der Waals surface area contributed by atoms with E-state index in [1.165, 1.54) is 62.5 Å². The summed E-state index contributed by atoms with van der Waals surface area (Å²) in [6.07, 6.45) is 18.5. The predicted molar refractivity (Wildman–Crippen MR) is 132 cm³/mol. The zero-order valence-corrected chi connectivity index (χ0v) is 19.8. The highest BCUT2D eigenvalue weighted by molar-refractivity contribution is 5.72. The molecule has 172 valence electrons. The van der Waals surface area contributed by atoms with E-state index in [-0.39, 0.29) is 6.10 Å². The molecule has 1 aromatic heterocycles. The van der Waals surface area contributed by atoms with E-state index >= 15 is 0 Å². The molecular formula is C28H43NO2. The molecule has 0 saturated carbocycles. The van der Waals surface area contributed by atoms with Gasteiger partial charge in [0.2, 0.25) is 0 Å². The summed E-state index contributed by atoms with van der Waals surface area (Å²) in [5.41, 5.74) is 3.49. The predicted octanol–water partition coefficient (Wildman–Crippen LogP) is 7.75. The molecule has 1 unspecified atom stereocenters. The minimum absolute atomic E-state index is 0.232. The van der Waals surface area contributed by atoms with Crippen LogP contribution in [0.25, 0.3) is 11.1 Å².